The first-order chi connectivity index (χ1) is 19.9. The highest BCUT2D eigenvalue weighted by Crippen LogP contribution is 2.25. The van der Waals surface area contributed by atoms with Gasteiger partial charge in [0.1, 0.15) is 6.10 Å². The Morgan fingerprint density at radius 3 is 1.53 bits per heavy atom. The molecule has 0 saturated carbocycles. The summed E-state index contributed by atoms with van der Waals surface area (Å²) in [6.07, 6.45) is 17.9. The van der Waals surface area contributed by atoms with E-state index in [4.69, 9.17) is 26.2 Å². The molecule has 0 aromatic rings. The summed E-state index contributed by atoms with van der Waals surface area (Å²) < 4.78 is 37.1. The minimum atomic E-state index is -2.92. The number of unbranched alkanes of at least 4 members (excludes halogenated alkanes) is 12. The van der Waals surface area contributed by atoms with E-state index in [1.165, 1.54) is 77.0 Å². The number of hydrogen-bond acceptors (Lipinski definition) is 7. The van der Waals surface area contributed by atoms with E-state index in [0.29, 0.717) is 19.8 Å². The molecule has 0 amide bonds. The molecule has 258 valence electrons. The molecule has 0 aliphatic carbocycles. The van der Waals surface area contributed by atoms with Crippen molar-refractivity contribution in [3.63, 3.8) is 0 Å². The zero-order valence-corrected chi connectivity index (χ0v) is 34.5. The third-order valence-corrected chi connectivity index (χ3v) is 19.4. The van der Waals surface area contributed by atoms with Gasteiger partial charge in [0.05, 0.1) is 25.7 Å². The lowest BCUT2D eigenvalue weighted by Gasteiger charge is -2.40. The van der Waals surface area contributed by atoms with Gasteiger partial charge in [-0.15, -0.1) is 0 Å². The van der Waals surface area contributed by atoms with Gasteiger partial charge >= 0.3 is 23.3 Å². The molecular weight excluding hydrogens is 609 g/mol. The van der Waals surface area contributed by atoms with Crippen molar-refractivity contribution in [3.05, 3.63) is 0 Å². The lowest BCUT2D eigenvalue weighted by molar-refractivity contribution is -0.155. The Hall–Kier alpha value is 0.138. The number of carbonyl (C=O) groups is 1. The van der Waals surface area contributed by atoms with E-state index >= 15 is 0 Å². The Kier molecular flexibility index (Phi) is 22.7. The van der Waals surface area contributed by atoms with Gasteiger partial charge in [0, 0.05) is 6.55 Å². The molecule has 0 aliphatic heterocycles. The molecule has 0 aromatic carbocycles. The van der Waals surface area contributed by atoms with Crippen LogP contribution in [0.3, 0.4) is 0 Å². The van der Waals surface area contributed by atoms with Crippen LogP contribution >= 0.6 is 0 Å². The molecule has 0 N–H and O–H groups in total. The van der Waals surface area contributed by atoms with Crippen LogP contribution in [0.25, 0.3) is 0 Å². The van der Waals surface area contributed by atoms with Crippen molar-refractivity contribution >= 4 is 40.0 Å². The molecule has 0 saturated heterocycles. The van der Waals surface area contributed by atoms with Crippen LogP contribution in [-0.2, 0) is 31.0 Å². The average Bonchev–Trinajstić information content (AvgIpc) is 2.83. The quantitative estimate of drug-likeness (QED) is 0.0463. The van der Waals surface area contributed by atoms with Crippen LogP contribution in [0.5, 0.6) is 0 Å². The van der Waals surface area contributed by atoms with Crippen LogP contribution in [0.1, 0.15) is 111 Å². The molecular formula is C32H72O7Si4. The summed E-state index contributed by atoms with van der Waals surface area (Å²) in [4.78, 5) is 12.6. The highest BCUT2D eigenvalue weighted by atomic mass is 28.5. The maximum atomic E-state index is 12.6. The molecule has 0 radical (unpaired) electrons. The van der Waals surface area contributed by atoms with E-state index < -0.39 is 34.0 Å². The van der Waals surface area contributed by atoms with Gasteiger partial charge in [0.15, 0.2) is 16.6 Å². The first-order valence-corrected chi connectivity index (χ1v) is 29.3. The van der Waals surface area contributed by atoms with Gasteiger partial charge in [-0.25, -0.2) is 0 Å². The van der Waals surface area contributed by atoms with Crippen LogP contribution in [0.2, 0.25) is 58.9 Å². The monoisotopic (exact) mass is 680 g/mol. The Morgan fingerprint density at radius 2 is 1.07 bits per heavy atom. The number of ether oxygens (including phenoxy) is 2. The third-order valence-electron chi connectivity index (χ3n) is 6.88. The fourth-order valence-electron chi connectivity index (χ4n) is 5.31. The molecule has 0 bridgehead atoms. The van der Waals surface area contributed by atoms with E-state index in [1.807, 2.05) is 20.4 Å². The maximum absolute atomic E-state index is 12.6. The standard InChI is InChI=1S/C32H72O7Si4/c1-13-14-15-16-17-18-19-20-21-22-23-24-25-26-30(2)32(33)36-31(3)29-34-27-28-35-43(12,38-41(7,8)9)39-42(10,11)37-40(4,5)6/h30-31H,13-29H2,1-12H3. The molecule has 0 spiro atoms. The molecule has 0 heterocycles. The lowest BCUT2D eigenvalue weighted by Crippen LogP contribution is -2.58. The fraction of sp³-hybridized carbons (Fsp3) is 0.969. The minimum absolute atomic E-state index is 0.0769. The van der Waals surface area contributed by atoms with Crippen molar-refractivity contribution in [1.82, 2.24) is 0 Å². The maximum Gasteiger partial charge on any atom is 0.478 e. The predicted octanol–water partition coefficient (Wildman–Crippen LogP) is 10.1. The molecule has 3 unspecified atom stereocenters. The van der Waals surface area contributed by atoms with Crippen molar-refractivity contribution < 1.29 is 31.0 Å². The smallest absolute Gasteiger partial charge is 0.460 e. The Labute approximate surface area is 271 Å². The fourth-order valence-corrected chi connectivity index (χ4v) is 21.2. The Morgan fingerprint density at radius 1 is 0.605 bits per heavy atom. The van der Waals surface area contributed by atoms with E-state index in [9.17, 15) is 4.79 Å². The van der Waals surface area contributed by atoms with Crippen LogP contribution in [-0.4, -0.2) is 65.9 Å². The SMILES string of the molecule is CCCCCCCCCCCCCCCC(C)C(=O)OC(C)COCCO[Si](C)(O[Si](C)(C)C)O[Si](C)(C)O[Si](C)(C)C. The highest BCUT2D eigenvalue weighted by Gasteiger charge is 2.46. The van der Waals surface area contributed by atoms with Crippen LogP contribution < -0.4 is 0 Å². The van der Waals surface area contributed by atoms with Crippen molar-refractivity contribution in [3.8, 4) is 0 Å². The summed E-state index contributed by atoms with van der Waals surface area (Å²) in [5, 5.41) is 0. The van der Waals surface area contributed by atoms with Gasteiger partial charge in [-0.1, -0.05) is 97.3 Å². The molecule has 0 rings (SSSR count). The topological polar surface area (TPSA) is 72.5 Å². The Balaban J connectivity index is 4.17. The second kappa shape index (κ2) is 22.6. The molecule has 43 heavy (non-hydrogen) atoms. The zero-order valence-electron chi connectivity index (χ0n) is 30.5. The van der Waals surface area contributed by atoms with Crippen LogP contribution in [0, 0.1) is 5.92 Å². The van der Waals surface area contributed by atoms with Gasteiger partial charge in [0.2, 0.25) is 0 Å². The third kappa shape index (κ3) is 27.0. The van der Waals surface area contributed by atoms with E-state index in [-0.39, 0.29) is 18.0 Å². The van der Waals surface area contributed by atoms with Crippen molar-refractivity contribution in [2.24, 2.45) is 5.92 Å². The summed E-state index contributed by atoms with van der Waals surface area (Å²) in [6.45, 7) is 26.3. The second-order valence-electron chi connectivity index (χ2n) is 14.9. The largest absolute Gasteiger partial charge is 0.478 e. The Bertz CT molecular complexity index is 713. The number of hydrogen-bond donors (Lipinski definition) is 0. The van der Waals surface area contributed by atoms with Crippen molar-refractivity contribution in [2.45, 2.75) is 176 Å². The summed E-state index contributed by atoms with van der Waals surface area (Å²) in [5.74, 6) is -0.204. The molecule has 11 heteroatoms. The normalized spacial score (nSPS) is 15.7. The summed E-state index contributed by atoms with van der Waals surface area (Å²) in [7, 11) is -9.00. The molecule has 3 atom stereocenters. The van der Waals surface area contributed by atoms with E-state index in [0.717, 1.165) is 12.8 Å². The summed E-state index contributed by atoms with van der Waals surface area (Å²) in [5.41, 5.74) is 0. The van der Waals surface area contributed by atoms with E-state index in [1.54, 1.807) is 0 Å². The predicted molar refractivity (Wildman–Crippen MR) is 191 cm³/mol. The minimum Gasteiger partial charge on any atom is -0.460 e. The van der Waals surface area contributed by atoms with E-state index in [2.05, 4.69) is 59.3 Å². The van der Waals surface area contributed by atoms with Crippen molar-refractivity contribution in [2.75, 3.05) is 19.8 Å². The zero-order chi connectivity index (χ0) is 33.0. The first-order valence-electron chi connectivity index (χ1n) is 17.4. The number of carbonyl (C=O) groups excluding carboxylic acids is 1. The van der Waals surface area contributed by atoms with Gasteiger partial charge in [-0.2, -0.15) is 0 Å². The van der Waals surface area contributed by atoms with Gasteiger partial charge in [0.25, 0.3) is 0 Å². The summed E-state index contributed by atoms with van der Waals surface area (Å²) in [6, 6.07) is 0. The average molecular weight is 681 g/mol. The number of esters is 1. The van der Waals surface area contributed by atoms with Crippen molar-refractivity contribution in [1.29, 1.82) is 0 Å². The van der Waals surface area contributed by atoms with Gasteiger partial charge in [-0.05, 0) is 65.7 Å². The highest BCUT2D eigenvalue weighted by molar-refractivity contribution is 6.87. The van der Waals surface area contributed by atoms with Crippen LogP contribution in [0.4, 0.5) is 0 Å². The second-order valence-corrected chi connectivity index (χ2v) is 30.6. The van der Waals surface area contributed by atoms with Gasteiger partial charge in [-0.3, -0.25) is 4.79 Å². The first kappa shape index (κ1) is 43.1. The molecule has 0 fully saturated rings. The molecule has 7 nitrogen and oxygen atoms in total. The summed E-state index contributed by atoms with van der Waals surface area (Å²) >= 11 is 0. The number of rotatable bonds is 28. The van der Waals surface area contributed by atoms with Gasteiger partial charge < -0.3 is 26.2 Å². The van der Waals surface area contributed by atoms with Crippen LogP contribution in [0.15, 0.2) is 0 Å². The lowest BCUT2D eigenvalue weighted by atomic mass is 10.0. The molecule has 0 aliphatic rings. The molecule has 0 aromatic heterocycles.